The van der Waals surface area contributed by atoms with E-state index in [4.69, 9.17) is 4.74 Å². The first kappa shape index (κ1) is 13.5. The van der Waals surface area contributed by atoms with E-state index >= 15 is 0 Å². The number of aryl methyl sites for hydroxylation is 3. The van der Waals surface area contributed by atoms with Gasteiger partial charge in [-0.15, -0.1) is 0 Å². The fourth-order valence-corrected chi connectivity index (χ4v) is 1.97. The Morgan fingerprint density at radius 2 is 2.05 bits per heavy atom. The van der Waals surface area contributed by atoms with Crippen molar-refractivity contribution in [2.24, 2.45) is 7.05 Å². The summed E-state index contributed by atoms with van der Waals surface area (Å²) < 4.78 is 7.70. The summed E-state index contributed by atoms with van der Waals surface area (Å²) in [5.74, 6) is 0.818. The van der Waals surface area contributed by atoms with Gasteiger partial charge >= 0.3 is 0 Å². The van der Waals surface area contributed by atoms with Gasteiger partial charge in [-0.25, -0.2) is 0 Å². The van der Waals surface area contributed by atoms with Gasteiger partial charge in [0, 0.05) is 19.3 Å². The summed E-state index contributed by atoms with van der Waals surface area (Å²) in [6, 6.07) is 5.96. The van der Waals surface area contributed by atoms with Crippen LogP contribution in [0.1, 0.15) is 22.8 Å². The topological polar surface area (TPSA) is 52.0 Å². The normalized spacial score (nSPS) is 10.7. The first-order valence-electron chi connectivity index (χ1n) is 6.33. The molecule has 0 saturated heterocycles. The van der Waals surface area contributed by atoms with Crippen molar-refractivity contribution >= 4 is 0 Å². The van der Waals surface area contributed by atoms with Crippen molar-refractivity contribution < 1.29 is 4.74 Å². The third kappa shape index (κ3) is 3.32. The predicted octanol–water partition coefficient (Wildman–Crippen LogP) is 1.73. The number of aromatic nitrogens is 3. The molecule has 0 amide bonds. The number of rotatable bonds is 5. The maximum Gasteiger partial charge on any atom is 0.142 e. The van der Waals surface area contributed by atoms with Crippen molar-refractivity contribution in [3.8, 4) is 5.75 Å². The molecular formula is C14H20N4O. The fraction of sp³-hybridized carbons (Fsp3) is 0.429. The molecule has 0 aromatic carbocycles. The number of ether oxygens (including phenoxy) is 1. The Morgan fingerprint density at radius 1 is 1.26 bits per heavy atom. The molecule has 0 fully saturated rings. The lowest BCUT2D eigenvalue weighted by Crippen LogP contribution is -2.11. The third-order valence-corrected chi connectivity index (χ3v) is 2.89. The maximum atomic E-state index is 5.86. The van der Waals surface area contributed by atoms with Crippen LogP contribution in [0, 0.1) is 13.8 Å². The maximum absolute atomic E-state index is 5.86. The molecule has 0 bridgehead atoms. The number of pyridine rings is 1. The van der Waals surface area contributed by atoms with E-state index in [1.165, 1.54) is 0 Å². The van der Waals surface area contributed by atoms with Gasteiger partial charge in [-0.05, 0) is 39.1 Å². The molecule has 0 unspecified atom stereocenters. The standard InChI is InChI=1S/C14H20N4O/c1-10-5-6-14(13(16-10)8-15-3)19-9-12-7-11(2)17-18(12)4/h5-7,15H,8-9H2,1-4H3. The SMILES string of the molecule is CNCc1nc(C)ccc1OCc1cc(C)nn1C. The van der Waals surface area contributed by atoms with Crippen LogP contribution < -0.4 is 10.1 Å². The van der Waals surface area contributed by atoms with Gasteiger partial charge < -0.3 is 10.1 Å². The zero-order valence-electron chi connectivity index (χ0n) is 11.9. The monoisotopic (exact) mass is 260 g/mol. The highest BCUT2D eigenvalue weighted by molar-refractivity contribution is 5.29. The zero-order valence-corrected chi connectivity index (χ0v) is 11.9. The molecule has 19 heavy (non-hydrogen) atoms. The summed E-state index contributed by atoms with van der Waals surface area (Å²) in [5, 5.41) is 7.41. The van der Waals surface area contributed by atoms with Crippen LogP contribution >= 0.6 is 0 Å². The highest BCUT2D eigenvalue weighted by Gasteiger charge is 2.07. The lowest BCUT2D eigenvalue weighted by atomic mass is 10.3. The molecule has 0 saturated carbocycles. The second-order valence-electron chi connectivity index (χ2n) is 4.62. The molecule has 0 aliphatic carbocycles. The molecule has 0 radical (unpaired) electrons. The summed E-state index contributed by atoms with van der Waals surface area (Å²) in [6.07, 6.45) is 0. The molecule has 0 aliphatic rings. The van der Waals surface area contributed by atoms with E-state index in [9.17, 15) is 0 Å². The number of hydrogen-bond acceptors (Lipinski definition) is 4. The van der Waals surface area contributed by atoms with Crippen LogP contribution in [-0.4, -0.2) is 21.8 Å². The average molecular weight is 260 g/mol. The van der Waals surface area contributed by atoms with Crippen molar-refractivity contribution in [1.82, 2.24) is 20.1 Å². The van der Waals surface area contributed by atoms with Gasteiger partial charge in [-0.2, -0.15) is 5.10 Å². The predicted molar refractivity (Wildman–Crippen MR) is 74.0 cm³/mol. The first-order chi connectivity index (χ1) is 9.10. The van der Waals surface area contributed by atoms with Gasteiger partial charge in [-0.3, -0.25) is 9.67 Å². The molecular weight excluding hydrogens is 240 g/mol. The molecule has 0 aliphatic heterocycles. The average Bonchev–Trinajstić information content (AvgIpc) is 2.67. The van der Waals surface area contributed by atoms with E-state index in [1.54, 1.807) is 0 Å². The Hall–Kier alpha value is -1.88. The molecule has 1 N–H and O–H groups in total. The molecule has 0 spiro atoms. The van der Waals surface area contributed by atoms with E-state index in [0.29, 0.717) is 13.2 Å². The van der Waals surface area contributed by atoms with Crippen molar-refractivity contribution in [3.05, 3.63) is 41.0 Å². The summed E-state index contributed by atoms with van der Waals surface area (Å²) in [7, 11) is 3.83. The van der Waals surface area contributed by atoms with E-state index in [1.807, 2.05) is 50.8 Å². The van der Waals surface area contributed by atoms with E-state index in [0.717, 1.165) is 28.5 Å². The Morgan fingerprint density at radius 3 is 2.68 bits per heavy atom. The Balaban J connectivity index is 2.12. The molecule has 2 rings (SSSR count). The van der Waals surface area contributed by atoms with Crippen molar-refractivity contribution in [2.75, 3.05) is 7.05 Å². The molecule has 2 aromatic rings. The molecule has 5 nitrogen and oxygen atoms in total. The van der Waals surface area contributed by atoms with Gasteiger partial charge in [-0.1, -0.05) is 0 Å². The fourth-order valence-electron chi connectivity index (χ4n) is 1.97. The van der Waals surface area contributed by atoms with Crippen LogP contribution in [0.4, 0.5) is 0 Å². The van der Waals surface area contributed by atoms with Crippen molar-refractivity contribution in [2.45, 2.75) is 27.0 Å². The van der Waals surface area contributed by atoms with Crippen molar-refractivity contribution in [1.29, 1.82) is 0 Å². The molecule has 102 valence electrons. The minimum atomic E-state index is 0.499. The zero-order chi connectivity index (χ0) is 13.8. The molecule has 2 aromatic heterocycles. The molecule has 0 atom stereocenters. The second-order valence-corrected chi connectivity index (χ2v) is 4.62. The minimum absolute atomic E-state index is 0.499. The largest absolute Gasteiger partial charge is 0.485 e. The molecule has 2 heterocycles. The summed E-state index contributed by atoms with van der Waals surface area (Å²) in [6.45, 7) is 5.15. The van der Waals surface area contributed by atoms with E-state index < -0.39 is 0 Å². The van der Waals surface area contributed by atoms with E-state index in [-0.39, 0.29) is 0 Å². The van der Waals surface area contributed by atoms with Gasteiger partial charge in [0.2, 0.25) is 0 Å². The second kappa shape index (κ2) is 5.84. The van der Waals surface area contributed by atoms with Gasteiger partial charge in [0.15, 0.2) is 0 Å². The third-order valence-electron chi connectivity index (χ3n) is 2.89. The number of nitrogens with one attached hydrogen (secondary N) is 1. The van der Waals surface area contributed by atoms with Crippen LogP contribution in [0.5, 0.6) is 5.75 Å². The Bertz CT molecular complexity index is 563. The van der Waals surface area contributed by atoms with Crippen LogP contribution in [0.25, 0.3) is 0 Å². The highest BCUT2D eigenvalue weighted by Crippen LogP contribution is 2.18. The van der Waals surface area contributed by atoms with Crippen LogP contribution in [0.15, 0.2) is 18.2 Å². The van der Waals surface area contributed by atoms with Gasteiger partial charge in [0.1, 0.15) is 12.4 Å². The summed E-state index contributed by atoms with van der Waals surface area (Å²) in [4.78, 5) is 4.49. The van der Waals surface area contributed by atoms with Crippen LogP contribution in [-0.2, 0) is 20.2 Å². The summed E-state index contributed by atoms with van der Waals surface area (Å²) in [5.41, 5.74) is 3.97. The quantitative estimate of drug-likeness (QED) is 0.889. The smallest absolute Gasteiger partial charge is 0.142 e. The van der Waals surface area contributed by atoms with Gasteiger partial charge in [0.05, 0.1) is 17.1 Å². The first-order valence-corrected chi connectivity index (χ1v) is 6.33. The lowest BCUT2D eigenvalue weighted by Gasteiger charge is -2.11. The number of hydrogen-bond donors (Lipinski definition) is 1. The molecule has 5 heteroatoms. The Kier molecular flexibility index (Phi) is 4.16. The summed E-state index contributed by atoms with van der Waals surface area (Å²) >= 11 is 0. The van der Waals surface area contributed by atoms with Crippen LogP contribution in [0.2, 0.25) is 0 Å². The lowest BCUT2D eigenvalue weighted by molar-refractivity contribution is 0.289. The highest BCUT2D eigenvalue weighted by atomic mass is 16.5. The number of nitrogens with zero attached hydrogens (tertiary/aromatic N) is 3. The van der Waals surface area contributed by atoms with Crippen LogP contribution in [0.3, 0.4) is 0 Å². The van der Waals surface area contributed by atoms with E-state index in [2.05, 4.69) is 15.4 Å². The van der Waals surface area contributed by atoms with Gasteiger partial charge in [0.25, 0.3) is 0 Å². The minimum Gasteiger partial charge on any atom is -0.485 e. The Labute approximate surface area is 113 Å². The van der Waals surface area contributed by atoms with Crippen molar-refractivity contribution in [3.63, 3.8) is 0 Å².